The van der Waals surface area contributed by atoms with Crippen molar-refractivity contribution in [3.05, 3.63) is 60.2 Å². The van der Waals surface area contributed by atoms with Crippen molar-refractivity contribution in [2.75, 3.05) is 51.3 Å². The molecular formula is C27H37N3O2. The van der Waals surface area contributed by atoms with Crippen LogP contribution in [0.25, 0.3) is 0 Å². The maximum atomic E-state index is 12.8. The molecule has 2 fully saturated rings. The van der Waals surface area contributed by atoms with E-state index in [4.69, 9.17) is 4.74 Å². The van der Waals surface area contributed by atoms with Crippen molar-refractivity contribution in [2.24, 2.45) is 0 Å². The number of piperidine rings is 1. The van der Waals surface area contributed by atoms with Crippen LogP contribution in [0, 0.1) is 0 Å². The number of rotatable bonds is 8. The third-order valence-corrected chi connectivity index (χ3v) is 6.95. The second kappa shape index (κ2) is 11.4. The highest BCUT2D eigenvalue weighted by atomic mass is 16.5. The van der Waals surface area contributed by atoms with Gasteiger partial charge < -0.3 is 14.5 Å². The zero-order valence-electron chi connectivity index (χ0n) is 19.4. The van der Waals surface area contributed by atoms with Gasteiger partial charge >= 0.3 is 0 Å². The van der Waals surface area contributed by atoms with E-state index in [0.29, 0.717) is 18.4 Å². The Morgan fingerprint density at radius 2 is 1.69 bits per heavy atom. The van der Waals surface area contributed by atoms with Gasteiger partial charge in [-0.1, -0.05) is 42.5 Å². The van der Waals surface area contributed by atoms with E-state index in [1.165, 1.54) is 17.7 Å². The van der Waals surface area contributed by atoms with Crippen LogP contribution in [0.4, 0.5) is 5.69 Å². The van der Waals surface area contributed by atoms with Crippen LogP contribution in [-0.4, -0.2) is 68.1 Å². The standard InChI is InChI=1S/C27H37N3O2/c1-32-26-15-7-6-14-25(26)29-20-18-28(19-21-29)24-13-9-17-30(22-24)27(31)16-8-5-12-23-10-3-2-4-11-23/h2-4,6-7,10-11,14-15,24H,5,8-9,12-13,16-22H2,1H3/t24-/m0/s1. The molecule has 5 nitrogen and oxygen atoms in total. The van der Waals surface area contributed by atoms with Crippen LogP contribution in [0.2, 0.25) is 0 Å². The van der Waals surface area contributed by atoms with Crippen molar-refractivity contribution in [3.63, 3.8) is 0 Å². The van der Waals surface area contributed by atoms with E-state index in [1.54, 1.807) is 7.11 Å². The maximum Gasteiger partial charge on any atom is 0.222 e. The van der Waals surface area contributed by atoms with Crippen LogP contribution in [0.3, 0.4) is 0 Å². The molecule has 4 rings (SSSR count). The van der Waals surface area contributed by atoms with Gasteiger partial charge in [0.25, 0.3) is 0 Å². The first-order valence-corrected chi connectivity index (χ1v) is 12.2. The van der Waals surface area contributed by atoms with Gasteiger partial charge in [-0.15, -0.1) is 0 Å². The summed E-state index contributed by atoms with van der Waals surface area (Å²) in [5, 5.41) is 0. The molecule has 2 aromatic carbocycles. The Morgan fingerprint density at radius 1 is 0.938 bits per heavy atom. The number of methoxy groups -OCH3 is 1. The second-order valence-electron chi connectivity index (χ2n) is 9.02. The number of amides is 1. The molecule has 0 radical (unpaired) electrons. The minimum Gasteiger partial charge on any atom is -0.495 e. The topological polar surface area (TPSA) is 36.0 Å². The maximum absolute atomic E-state index is 12.8. The Bertz CT molecular complexity index is 849. The molecule has 5 heteroatoms. The summed E-state index contributed by atoms with van der Waals surface area (Å²) in [5.41, 5.74) is 2.55. The summed E-state index contributed by atoms with van der Waals surface area (Å²) in [7, 11) is 1.74. The highest BCUT2D eigenvalue weighted by molar-refractivity contribution is 5.76. The Kier molecular flexibility index (Phi) is 8.05. The van der Waals surface area contributed by atoms with Gasteiger partial charge in [0.1, 0.15) is 5.75 Å². The monoisotopic (exact) mass is 435 g/mol. The molecule has 1 atom stereocenters. The van der Waals surface area contributed by atoms with Gasteiger partial charge in [0.2, 0.25) is 5.91 Å². The van der Waals surface area contributed by atoms with Crippen molar-refractivity contribution >= 4 is 11.6 Å². The number of hydrogen-bond acceptors (Lipinski definition) is 4. The number of carbonyl (C=O) groups is 1. The van der Waals surface area contributed by atoms with E-state index in [-0.39, 0.29) is 0 Å². The Hall–Kier alpha value is -2.53. The fraction of sp³-hybridized carbons (Fsp3) is 0.519. The molecule has 32 heavy (non-hydrogen) atoms. The molecule has 1 amide bonds. The lowest BCUT2D eigenvalue weighted by Crippen LogP contribution is -2.55. The molecule has 0 bridgehead atoms. The minimum absolute atomic E-state index is 0.343. The van der Waals surface area contributed by atoms with Crippen molar-refractivity contribution in [3.8, 4) is 5.75 Å². The first-order chi connectivity index (χ1) is 15.7. The van der Waals surface area contributed by atoms with E-state index >= 15 is 0 Å². The van der Waals surface area contributed by atoms with Crippen molar-refractivity contribution in [2.45, 2.75) is 44.6 Å². The SMILES string of the molecule is COc1ccccc1N1CCN([C@H]2CCCN(C(=O)CCCCc3ccccc3)C2)CC1. The number of anilines is 1. The lowest BCUT2D eigenvalue weighted by Gasteiger charge is -2.44. The summed E-state index contributed by atoms with van der Waals surface area (Å²) in [6.07, 6.45) is 6.12. The van der Waals surface area contributed by atoms with Crippen LogP contribution in [-0.2, 0) is 11.2 Å². The molecule has 0 aliphatic carbocycles. The summed E-state index contributed by atoms with van der Waals surface area (Å²) in [5.74, 6) is 1.29. The van der Waals surface area contributed by atoms with Crippen LogP contribution in [0.15, 0.2) is 54.6 Å². The molecule has 2 saturated heterocycles. The normalized spacial score (nSPS) is 19.7. The van der Waals surface area contributed by atoms with Gasteiger partial charge in [0.05, 0.1) is 12.8 Å². The van der Waals surface area contributed by atoms with E-state index in [1.807, 2.05) is 12.1 Å². The number of unbranched alkanes of at least 4 members (excludes halogenated alkanes) is 1. The lowest BCUT2D eigenvalue weighted by molar-refractivity contribution is -0.133. The van der Waals surface area contributed by atoms with Gasteiger partial charge in [-0.2, -0.15) is 0 Å². The molecule has 0 unspecified atom stereocenters. The second-order valence-corrected chi connectivity index (χ2v) is 9.02. The van der Waals surface area contributed by atoms with Gasteiger partial charge in [0.15, 0.2) is 0 Å². The predicted molar refractivity (Wildman–Crippen MR) is 130 cm³/mol. The first-order valence-electron chi connectivity index (χ1n) is 12.2. The molecule has 0 spiro atoms. The fourth-order valence-electron chi connectivity index (χ4n) is 5.11. The Labute approximate surface area is 193 Å². The highest BCUT2D eigenvalue weighted by Crippen LogP contribution is 2.29. The van der Waals surface area contributed by atoms with Crippen LogP contribution in [0.1, 0.15) is 37.7 Å². The molecular weight excluding hydrogens is 398 g/mol. The van der Waals surface area contributed by atoms with E-state index in [2.05, 4.69) is 57.2 Å². The summed E-state index contributed by atoms with van der Waals surface area (Å²) in [4.78, 5) is 20.0. The van der Waals surface area contributed by atoms with Gasteiger partial charge in [-0.05, 0) is 49.8 Å². The number of aryl methyl sites for hydroxylation is 1. The first kappa shape index (κ1) is 22.7. The molecule has 2 heterocycles. The zero-order chi connectivity index (χ0) is 22.2. The molecule has 2 aromatic rings. The van der Waals surface area contributed by atoms with Crippen molar-refractivity contribution in [1.82, 2.24) is 9.80 Å². The summed E-state index contributed by atoms with van der Waals surface area (Å²) in [6, 6.07) is 19.3. The van der Waals surface area contributed by atoms with Gasteiger partial charge in [0, 0.05) is 51.7 Å². The summed E-state index contributed by atoms with van der Waals surface area (Å²) < 4.78 is 5.55. The number of nitrogens with zero attached hydrogens (tertiary/aromatic N) is 3. The van der Waals surface area contributed by atoms with E-state index in [9.17, 15) is 4.79 Å². The molecule has 172 valence electrons. The predicted octanol–water partition coefficient (Wildman–Crippen LogP) is 4.22. The van der Waals surface area contributed by atoms with Crippen molar-refractivity contribution < 1.29 is 9.53 Å². The summed E-state index contributed by atoms with van der Waals surface area (Å²) in [6.45, 7) is 5.92. The van der Waals surface area contributed by atoms with Crippen LogP contribution in [0.5, 0.6) is 5.75 Å². The van der Waals surface area contributed by atoms with Crippen LogP contribution < -0.4 is 9.64 Å². The number of carbonyl (C=O) groups excluding carboxylic acids is 1. The van der Waals surface area contributed by atoms with Gasteiger partial charge in [-0.3, -0.25) is 9.69 Å². The number of benzene rings is 2. The zero-order valence-corrected chi connectivity index (χ0v) is 19.4. The molecule has 2 aliphatic rings. The van der Waals surface area contributed by atoms with Crippen molar-refractivity contribution in [1.29, 1.82) is 0 Å². The number of likely N-dealkylation sites (tertiary alicyclic amines) is 1. The smallest absolute Gasteiger partial charge is 0.222 e. The Morgan fingerprint density at radius 3 is 2.47 bits per heavy atom. The molecule has 0 saturated carbocycles. The third kappa shape index (κ3) is 5.83. The molecule has 0 aromatic heterocycles. The third-order valence-electron chi connectivity index (χ3n) is 6.95. The lowest BCUT2D eigenvalue weighted by atomic mass is 10.0. The van der Waals surface area contributed by atoms with Gasteiger partial charge in [-0.25, -0.2) is 0 Å². The minimum atomic E-state index is 0.343. The largest absolute Gasteiger partial charge is 0.495 e. The average molecular weight is 436 g/mol. The Balaban J connectivity index is 1.21. The number of piperazine rings is 1. The molecule has 0 N–H and O–H groups in total. The quantitative estimate of drug-likeness (QED) is 0.582. The van der Waals surface area contributed by atoms with Crippen LogP contribution >= 0.6 is 0 Å². The number of para-hydroxylation sites is 2. The number of hydrogen-bond donors (Lipinski definition) is 0. The molecule has 2 aliphatic heterocycles. The highest BCUT2D eigenvalue weighted by Gasteiger charge is 2.30. The number of ether oxygens (including phenoxy) is 1. The summed E-state index contributed by atoms with van der Waals surface area (Å²) >= 11 is 0. The van der Waals surface area contributed by atoms with E-state index < -0.39 is 0 Å². The average Bonchev–Trinajstić information content (AvgIpc) is 2.87. The fourth-order valence-corrected chi connectivity index (χ4v) is 5.11. The van der Waals surface area contributed by atoms with E-state index in [0.717, 1.165) is 70.7 Å².